The maximum Gasteiger partial charge on any atom is 0.172 e. The van der Waals surface area contributed by atoms with E-state index < -0.39 is 0 Å². The highest BCUT2D eigenvalue weighted by Crippen LogP contribution is 2.51. The van der Waals surface area contributed by atoms with E-state index in [2.05, 4.69) is 185 Å². The third-order valence-corrected chi connectivity index (χ3v) is 10.4. The van der Waals surface area contributed by atoms with Gasteiger partial charge in [0, 0.05) is 45.1 Å². The summed E-state index contributed by atoms with van der Waals surface area (Å²) in [5.74, 6) is 2.80. The number of hydrogen-bond donors (Lipinski definition) is 0. The van der Waals surface area contributed by atoms with Crippen molar-refractivity contribution in [3.63, 3.8) is 0 Å². The summed E-state index contributed by atoms with van der Waals surface area (Å²) >= 11 is 0. The topological polar surface area (TPSA) is 28.3 Å². The summed E-state index contributed by atoms with van der Waals surface area (Å²) < 4.78 is 18.2. The van der Waals surface area contributed by atoms with Gasteiger partial charge in [-0.2, -0.15) is 0 Å². The van der Waals surface area contributed by atoms with Crippen LogP contribution in [0.1, 0.15) is 0 Å². The van der Waals surface area contributed by atoms with Crippen LogP contribution in [0, 0.1) is 0 Å². The Hall–Kier alpha value is -7.04. The molecule has 0 spiro atoms. The lowest BCUT2D eigenvalue weighted by atomic mass is 10.1. The fourth-order valence-corrected chi connectivity index (χ4v) is 7.95. The van der Waals surface area contributed by atoms with Gasteiger partial charge in [-0.15, -0.1) is 0 Å². The summed E-state index contributed by atoms with van der Waals surface area (Å²) in [5.41, 5.74) is 11.3. The van der Waals surface area contributed by atoms with E-state index in [-0.39, 0.29) is 0 Å². The van der Waals surface area contributed by atoms with E-state index in [0.29, 0.717) is 23.0 Å². The maximum atomic E-state index is 6.75. The molecule has 0 bridgehead atoms. The molecule has 1 aliphatic rings. The lowest BCUT2D eigenvalue weighted by Gasteiger charge is -2.22. The largest absolute Gasteiger partial charge is 0.449 e. The van der Waals surface area contributed by atoms with E-state index in [4.69, 9.17) is 9.47 Å². The number of rotatable bonds is 4. The highest BCUT2D eigenvalue weighted by molar-refractivity contribution is 6.12. The van der Waals surface area contributed by atoms with Crippen molar-refractivity contribution in [1.29, 1.82) is 0 Å². The summed E-state index contributed by atoms with van der Waals surface area (Å²) in [6, 6.07) is 64.2. The smallest absolute Gasteiger partial charge is 0.172 e. The van der Waals surface area contributed by atoms with Crippen LogP contribution in [0.5, 0.6) is 23.0 Å². The lowest BCUT2D eigenvalue weighted by molar-refractivity contribution is 0.361. The monoisotopic (exact) mass is 666 g/mol. The minimum atomic E-state index is 0.697. The Morgan fingerprint density at radius 1 is 0.269 bits per heavy atom. The zero-order chi connectivity index (χ0) is 34.2. The maximum absolute atomic E-state index is 6.75. The normalized spacial score (nSPS) is 12.2. The molecule has 3 heterocycles. The van der Waals surface area contributed by atoms with Gasteiger partial charge in [-0.25, -0.2) is 0 Å². The van der Waals surface area contributed by atoms with Crippen molar-refractivity contribution in [1.82, 2.24) is 9.13 Å². The van der Waals surface area contributed by atoms with Crippen molar-refractivity contribution in [3.05, 3.63) is 182 Å². The minimum Gasteiger partial charge on any atom is -0.449 e. The van der Waals surface area contributed by atoms with E-state index in [0.717, 1.165) is 55.0 Å². The first-order valence-corrected chi connectivity index (χ1v) is 17.6. The molecular weight excluding hydrogens is 637 g/mol. The Morgan fingerprint density at radius 3 is 1.29 bits per heavy atom. The van der Waals surface area contributed by atoms with Gasteiger partial charge in [0.15, 0.2) is 23.0 Å². The number of fused-ring (bicyclic) bond motifs is 8. The molecular formula is C48H30N2O2. The van der Waals surface area contributed by atoms with Crippen LogP contribution in [-0.2, 0) is 0 Å². The molecule has 10 aromatic rings. The quantitative estimate of drug-likeness (QED) is 0.187. The molecule has 1 aliphatic heterocycles. The van der Waals surface area contributed by atoms with Gasteiger partial charge in [0.05, 0.1) is 22.1 Å². The van der Waals surface area contributed by atoms with Crippen LogP contribution >= 0.6 is 0 Å². The molecule has 4 nitrogen and oxygen atoms in total. The third kappa shape index (κ3) is 4.41. The molecule has 2 aromatic heterocycles. The van der Waals surface area contributed by atoms with Crippen molar-refractivity contribution in [2.75, 3.05) is 0 Å². The molecule has 8 aromatic carbocycles. The van der Waals surface area contributed by atoms with E-state index in [1.54, 1.807) is 0 Å². The minimum absolute atomic E-state index is 0.697. The van der Waals surface area contributed by atoms with Gasteiger partial charge in [0.1, 0.15) is 0 Å². The molecule has 0 amide bonds. The van der Waals surface area contributed by atoms with Gasteiger partial charge in [-0.1, -0.05) is 121 Å². The predicted octanol–water partition coefficient (Wildman–Crippen LogP) is 13.1. The Kier molecular flexibility index (Phi) is 6.22. The van der Waals surface area contributed by atoms with Crippen LogP contribution in [0.3, 0.4) is 0 Å². The lowest BCUT2D eigenvalue weighted by Crippen LogP contribution is -2.01. The molecule has 0 atom stereocenters. The fraction of sp³-hybridized carbons (Fsp3) is 0. The third-order valence-electron chi connectivity index (χ3n) is 10.4. The number of nitrogens with zero attached hydrogens (tertiary/aromatic N) is 2. The fourth-order valence-electron chi connectivity index (χ4n) is 7.95. The molecule has 11 rings (SSSR count). The van der Waals surface area contributed by atoms with Crippen molar-refractivity contribution in [3.8, 4) is 56.6 Å². The van der Waals surface area contributed by atoms with Crippen molar-refractivity contribution in [2.24, 2.45) is 0 Å². The second kappa shape index (κ2) is 11.2. The molecule has 4 heteroatoms. The van der Waals surface area contributed by atoms with E-state index in [9.17, 15) is 0 Å². The first kappa shape index (κ1) is 28.8. The van der Waals surface area contributed by atoms with Crippen molar-refractivity contribution < 1.29 is 9.47 Å². The van der Waals surface area contributed by atoms with Crippen molar-refractivity contribution in [2.45, 2.75) is 0 Å². The Morgan fingerprint density at radius 2 is 0.712 bits per heavy atom. The Labute approximate surface area is 300 Å². The zero-order valence-electron chi connectivity index (χ0n) is 28.0. The molecule has 0 fully saturated rings. The van der Waals surface area contributed by atoms with Crippen molar-refractivity contribution >= 4 is 43.6 Å². The average molecular weight is 667 g/mol. The van der Waals surface area contributed by atoms with Gasteiger partial charge in [0.2, 0.25) is 0 Å². The van der Waals surface area contributed by atoms with Crippen LogP contribution in [0.2, 0.25) is 0 Å². The Balaban J connectivity index is 1.05. The average Bonchev–Trinajstić information content (AvgIpc) is 3.70. The van der Waals surface area contributed by atoms with Crippen LogP contribution < -0.4 is 9.47 Å². The number of benzene rings is 8. The SMILES string of the molecule is c1ccc(-c2ccc(-n3c4ccccc4c4cc5c(cc43)Oc3cc4c6ccccc6n(-c6cccc(-c7ccccc7)c6)c4cc3O5)cc2)cc1. The Bertz CT molecular complexity index is 2990. The highest BCUT2D eigenvalue weighted by Gasteiger charge is 2.25. The first-order chi connectivity index (χ1) is 25.8. The second-order valence-corrected chi connectivity index (χ2v) is 13.4. The standard InChI is InChI=1S/C48H30N2O2/c1-3-12-31(13-4-1)33-22-24-35(25-23-33)49-41-20-9-7-18-37(41)39-27-45-47(29-43(39)49)51-46-28-40-38-19-8-10-21-42(38)50(44(40)30-48(46)52-45)36-17-11-16-34(26-36)32-14-5-2-6-15-32/h1-30H. The summed E-state index contributed by atoms with van der Waals surface area (Å²) in [4.78, 5) is 0. The number of aromatic nitrogens is 2. The zero-order valence-corrected chi connectivity index (χ0v) is 28.0. The summed E-state index contributed by atoms with van der Waals surface area (Å²) in [7, 11) is 0. The molecule has 0 unspecified atom stereocenters. The molecule has 244 valence electrons. The van der Waals surface area contributed by atoms with Crippen LogP contribution in [0.4, 0.5) is 0 Å². The van der Waals surface area contributed by atoms with Crippen LogP contribution in [0.25, 0.3) is 77.2 Å². The van der Waals surface area contributed by atoms with E-state index in [1.807, 2.05) is 6.07 Å². The number of ether oxygens (including phenoxy) is 2. The molecule has 0 radical (unpaired) electrons. The summed E-state index contributed by atoms with van der Waals surface area (Å²) in [6.07, 6.45) is 0. The second-order valence-electron chi connectivity index (χ2n) is 13.4. The number of para-hydroxylation sites is 2. The predicted molar refractivity (Wildman–Crippen MR) is 213 cm³/mol. The summed E-state index contributed by atoms with van der Waals surface area (Å²) in [6.45, 7) is 0. The van der Waals surface area contributed by atoms with Gasteiger partial charge in [0.25, 0.3) is 0 Å². The highest BCUT2D eigenvalue weighted by atomic mass is 16.6. The molecule has 0 aliphatic carbocycles. The van der Waals surface area contributed by atoms with Crippen LogP contribution in [0.15, 0.2) is 182 Å². The van der Waals surface area contributed by atoms with Crippen LogP contribution in [-0.4, -0.2) is 9.13 Å². The van der Waals surface area contributed by atoms with Gasteiger partial charge in [-0.3, -0.25) is 0 Å². The molecule has 0 saturated carbocycles. The van der Waals surface area contributed by atoms with Gasteiger partial charge in [-0.05, 0) is 70.8 Å². The van der Waals surface area contributed by atoms with Gasteiger partial charge < -0.3 is 18.6 Å². The van der Waals surface area contributed by atoms with E-state index >= 15 is 0 Å². The number of hydrogen-bond acceptors (Lipinski definition) is 2. The van der Waals surface area contributed by atoms with E-state index in [1.165, 1.54) is 22.3 Å². The molecule has 52 heavy (non-hydrogen) atoms. The van der Waals surface area contributed by atoms with Gasteiger partial charge >= 0.3 is 0 Å². The molecule has 0 N–H and O–H groups in total. The summed E-state index contributed by atoms with van der Waals surface area (Å²) in [5, 5.41) is 4.55. The molecule has 0 saturated heterocycles. The first-order valence-electron chi connectivity index (χ1n) is 17.6.